The molecule has 3 nitrogen and oxygen atoms in total. The van der Waals surface area contributed by atoms with Crippen molar-refractivity contribution < 1.29 is 13.6 Å². The van der Waals surface area contributed by atoms with E-state index < -0.39 is 5.76 Å². The van der Waals surface area contributed by atoms with Crippen molar-refractivity contribution in [2.24, 2.45) is 17.6 Å². The number of amides is 1. The number of hydrogen-bond acceptors (Lipinski definition) is 3. The van der Waals surface area contributed by atoms with E-state index in [4.69, 9.17) is 5.73 Å². The normalized spacial score (nSPS) is 12.7. The lowest BCUT2D eigenvalue weighted by atomic mass is 9.94. The van der Waals surface area contributed by atoms with Gasteiger partial charge in [0.2, 0.25) is 5.91 Å². The van der Waals surface area contributed by atoms with Gasteiger partial charge in [-0.1, -0.05) is 37.7 Å². The van der Waals surface area contributed by atoms with Crippen LogP contribution in [0.2, 0.25) is 0 Å². The molecule has 6 heteroatoms. The first kappa shape index (κ1) is 17.9. The smallest absolute Gasteiger partial charge is 0.288 e. The van der Waals surface area contributed by atoms with E-state index in [0.717, 1.165) is 6.42 Å². The highest BCUT2D eigenvalue weighted by Crippen LogP contribution is 2.31. The van der Waals surface area contributed by atoms with Crippen LogP contribution >= 0.6 is 11.8 Å². The van der Waals surface area contributed by atoms with E-state index in [2.05, 4.69) is 19.2 Å². The van der Waals surface area contributed by atoms with Gasteiger partial charge >= 0.3 is 0 Å². The Labute approximate surface area is 128 Å². The average Bonchev–Trinajstić information content (AvgIpc) is 2.39. The van der Waals surface area contributed by atoms with Gasteiger partial charge in [-0.05, 0) is 36.9 Å². The second-order valence-corrected chi connectivity index (χ2v) is 6.39. The molecule has 0 heterocycles. The van der Waals surface area contributed by atoms with Gasteiger partial charge in [-0.3, -0.25) is 4.79 Å². The molecule has 3 N–H and O–H groups in total. The van der Waals surface area contributed by atoms with Gasteiger partial charge in [-0.2, -0.15) is 8.78 Å². The van der Waals surface area contributed by atoms with E-state index in [1.807, 2.05) is 0 Å². The summed E-state index contributed by atoms with van der Waals surface area (Å²) in [5.74, 6) is -2.12. The van der Waals surface area contributed by atoms with Gasteiger partial charge in [0.25, 0.3) is 5.76 Å². The van der Waals surface area contributed by atoms with E-state index in [1.165, 1.54) is 0 Å². The quantitative estimate of drug-likeness (QED) is 0.714. The molecule has 0 spiro atoms. The predicted molar refractivity (Wildman–Crippen MR) is 83.5 cm³/mol. The van der Waals surface area contributed by atoms with Crippen molar-refractivity contribution in [3.63, 3.8) is 0 Å². The molecule has 0 saturated heterocycles. The lowest BCUT2D eigenvalue weighted by Gasteiger charge is -2.17. The number of para-hydroxylation sites is 1. The van der Waals surface area contributed by atoms with Crippen LogP contribution in [0.5, 0.6) is 0 Å². The van der Waals surface area contributed by atoms with Crippen LogP contribution in [0.25, 0.3) is 0 Å². The highest BCUT2D eigenvalue weighted by molar-refractivity contribution is 7.99. The van der Waals surface area contributed by atoms with E-state index in [-0.39, 0.29) is 11.8 Å². The van der Waals surface area contributed by atoms with Crippen LogP contribution in [-0.4, -0.2) is 18.2 Å². The van der Waals surface area contributed by atoms with Gasteiger partial charge in [0, 0.05) is 11.3 Å². The van der Waals surface area contributed by atoms with Gasteiger partial charge in [0.05, 0.1) is 5.69 Å². The Balaban J connectivity index is 2.65. The minimum atomic E-state index is -2.51. The van der Waals surface area contributed by atoms with Crippen molar-refractivity contribution in [1.29, 1.82) is 0 Å². The van der Waals surface area contributed by atoms with Gasteiger partial charge in [0.15, 0.2) is 0 Å². The number of halogens is 2. The van der Waals surface area contributed by atoms with Crippen LogP contribution < -0.4 is 11.1 Å². The molecule has 1 rings (SSSR count). The molecule has 0 aromatic heterocycles. The van der Waals surface area contributed by atoms with Gasteiger partial charge < -0.3 is 11.1 Å². The summed E-state index contributed by atoms with van der Waals surface area (Å²) in [5, 5.41) is 2.71. The molecule has 118 valence electrons. The van der Waals surface area contributed by atoms with E-state index in [9.17, 15) is 13.6 Å². The van der Waals surface area contributed by atoms with Crippen LogP contribution in [0.1, 0.15) is 26.7 Å². The molecule has 21 heavy (non-hydrogen) atoms. The van der Waals surface area contributed by atoms with Gasteiger partial charge in [-0.25, -0.2) is 0 Å². The second kappa shape index (κ2) is 9.00. The fourth-order valence-electron chi connectivity index (χ4n) is 2.16. The minimum absolute atomic E-state index is 0.111. The molecule has 0 saturated carbocycles. The third kappa shape index (κ3) is 6.91. The fraction of sp³-hybridized carbons (Fsp3) is 0.533. The highest BCUT2D eigenvalue weighted by Gasteiger charge is 2.16. The summed E-state index contributed by atoms with van der Waals surface area (Å²) in [7, 11) is 0. The molecular weight excluding hydrogens is 294 g/mol. The topological polar surface area (TPSA) is 55.1 Å². The Morgan fingerprint density at radius 2 is 2.00 bits per heavy atom. The Kier molecular flexibility index (Phi) is 7.67. The zero-order chi connectivity index (χ0) is 15.8. The average molecular weight is 316 g/mol. The molecule has 0 fully saturated rings. The third-order valence-electron chi connectivity index (χ3n) is 2.99. The summed E-state index contributed by atoms with van der Waals surface area (Å²) < 4.78 is 25.0. The van der Waals surface area contributed by atoms with E-state index in [0.29, 0.717) is 41.2 Å². The van der Waals surface area contributed by atoms with Crippen molar-refractivity contribution in [3.05, 3.63) is 24.3 Å². The van der Waals surface area contributed by atoms with Crippen molar-refractivity contribution in [2.75, 3.05) is 11.9 Å². The van der Waals surface area contributed by atoms with E-state index in [1.54, 1.807) is 24.3 Å². The monoisotopic (exact) mass is 316 g/mol. The van der Waals surface area contributed by atoms with Crippen LogP contribution in [0, 0.1) is 11.8 Å². The van der Waals surface area contributed by atoms with Gasteiger partial charge in [-0.15, -0.1) is 0 Å². The number of carbonyl (C=O) groups excluding carboxylic acids is 1. The molecule has 0 aliphatic heterocycles. The lowest BCUT2D eigenvalue weighted by Crippen LogP contribution is -2.23. The number of anilines is 1. The molecular formula is C15H22F2N2OS. The Morgan fingerprint density at radius 3 is 2.57 bits per heavy atom. The molecule has 0 aliphatic rings. The number of thioether (sulfide) groups is 1. The van der Waals surface area contributed by atoms with Crippen molar-refractivity contribution >= 4 is 23.4 Å². The Bertz CT molecular complexity index is 455. The first-order valence-electron chi connectivity index (χ1n) is 6.96. The van der Waals surface area contributed by atoms with Crippen LogP contribution in [0.3, 0.4) is 0 Å². The third-order valence-corrected chi connectivity index (χ3v) is 3.78. The Hall–Kier alpha value is -1.14. The molecule has 1 aromatic rings. The molecule has 1 aromatic carbocycles. The maximum atomic E-state index is 12.5. The van der Waals surface area contributed by atoms with Crippen molar-refractivity contribution in [2.45, 2.75) is 37.3 Å². The van der Waals surface area contributed by atoms with Crippen LogP contribution in [-0.2, 0) is 4.79 Å². The Morgan fingerprint density at radius 1 is 1.33 bits per heavy atom. The molecule has 0 aliphatic carbocycles. The number of rotatable bonds is 8. The number of alkyl halides is 2. The molecule has 0 unspecified atom stereocenters. The second-order valence-electron chi connectivity index (χ2n) is 5.36. The molecule has 0 radical (unpaired) electrons. The number of benzene rings is 1. The first-order valence-corrected chi connectivity index (χ1v) is 7.84. The van der Waals surface area contributed by atoms with Crippen LogP contribution in [0.4, 0.5) is 14.5 Å². The molecule has 0 bridgehead atoms. The minimum Gasteiger partial charge on any atom is -0.330 e. The number of nitrogens with one attached hydrogen (secondary N) is 1. The summed E-state index contributed by atoms with van der Waals surface area (Å²) in [6, 6.07) is 6.57. The fourth-order valence-corrected chi connectivity index (χ4v) is 2.76. The number of hydrogen-bond donors (Lipinski definition) is 2. The summed E-state index contributed by atoms with van der Waals surface area (Å²) in [6.45, 7) is 4.60. The highest BCUT2D eigenvalue weighted by atomic mass is 32.2. The summed E-state index contributed by atoms with van der Waals surface area (Å²) in [6.07, 6.45) is 1.18. The van der Waals surface area contributed by atoms with Crippen LogP contribution in [0.15, 0.2) is 29.2 Å². The SMILES string of the molecule is CC(C)C[C@H](CN)CC(=O)Nc1ccccc1SC(F)F. The number of carbonyl (C=O) groups is 1. The summed E-state index contributed by atoms with van der Waals surface area (Å²) in [5.41, 5.74) is 6.10. The largest absolute Gasteiger partial charge is 0.330 e. The van der Waals surface area contributed by atoms with Crippen molar-refractivity contribution in [1.82, 2.24) is 0 Å². The zero-order valence-electron chi connectivity index (χ0n) is 12.3. The lowest BCUT2D eigenvalue weighted by molar-refractivity contribution is -0.117. The molecule has 1 atom stereocenters. The van der Waals surface area contributed by atoms with E-state index >= 15 is 0 Å². The first-order chi connectivity index (χ1) is 9.92. The maximum Gasteiger partial charge on any atom is 0.288 e. The summed E-state index contributed by atoms with van der Waals surface area (Å²) in [4.78, 5) is 12.4. The predicted octanol–water partition coefficient (Wildman–Crippen LogP) is 3.95. The molecule has 1 amide bonds. The number of nitrogens with two attached hydrogens (primary N) is 1. The zero-order valence-corrected chi connectivity index (χ0v) is 13.1. The van der Waals surface area contributed by atoms with Gasteiger partial charge in [0.1, 0.15) is 0 Å². The maximum absolute atomic E-state index is 12.5. The summed E-state index contributed by atoms with van der Waals surface area (Å²) >= 11 is 0.430. The standard InChI is InChI=1S/C15H22F2N2OS/c1-10(2)7-11(9-18)8-14(20)19-12-5-3-4-6-13(12)21-15(16)17/h3-6,10-11,15H,7-9,18H2,1-2H3,(H,19,20)/t11-/m0/s1. The van der Waals surface area contributed by atoms with Crippen molar-refractivity contribution in [3.8, 4) is 0 Å².